The number of hydrogen-bond acceptors (Lipinski definition) is 6. The molecule has 184 valence electrons. The standard InChI is InChI=1S/C28H30N6O2/c1-3-33-18-23(26(35)22-13-8-19(2)29-27(22)33)28(36)30-21-11-9-20(10-12-21)24-14-15-25(32-31-24)34-16-6-4-5-7-17-34/h8-15,18H,3-7,16-17H2,1-2H3,(H,30,36). The van der Waals surface area contributed by atoms with Crippen LogP contribution in [0.15, 0.2) is 59.5 Å². The van der Waals surface area contributed by atoms with Crippen LogP contribution in [0.4, 0.5) is 11.5 Å². The van der Waals surface area contributed by atoms with E-state index < -0.39 is 5.91 Å². The SMILES string of the molecule is CCn1cc(C(=O)Nc2ccc(-c3ccc(N4CCCCCC4)nn3)cc2)c(=O)c2ccc(C)nc21. The zero-order valence-electron chi connectivity index (χ0n) is 20.7. The summed E-state index contributed by atoms with van der Waals surface area (Å²) in [6.07, 6.45) is 6.52. The Bertz CT molecular complexity index is 1440. The van der Waals surface area contributed by atoms with E-state index in [-0.39, 0.29) is 11.0 Å². The summed E-state index contributed by atoms with van der Waals surface area (Å²) in [5.41, 5.74) is 3.46. The lowest BCUT2D eigenvalue weighted by Crippen LogP contribution is -2.25. The second-order valence-electron chi connectivity index (χ2n) is 9.19. The normalized spacial score (nSPS) is 14.0. The largest absolute Gasteiger partial charge is 0.355 e. The Balaban J connectivity index is 1.33. The van der Waals surface area contributed by atoms with Crippen molar-refractivity contribution < 1.29 is 4.79 Å². The van der Waals surface area contributed by atoms with Gasteiger partial charge in [0.05, 0.1) is 11.1 Å². The number of carbonyl (C=O) groups is 1. The number of benzene rings is 1. The van der Waals surface area contributed by atoms with E-state index in [0.717, 1.165) is 35.9 Å². The van der Waals surface area contributed by atoms with Crippen molar-refractivity contribution in [3.8, 4) is 11.3 Å². The van der Waals surface area contributed by atoms with E-state index in [4.69, 9.17) is 0 Å². The first-order valence-electron chi connectivity index (χ1n) is 12.5. The average molecular weight is 483 g/mol. The van der Waals surface area contributed by atoms with E-state index in [1.807, 2.05) is 54.8 Å². The summed E-state index contributed by atoms with van der Waals surface area (Å²) in [6, 6.07) is 14.9. The molecule has 3 aromatic heterocycles. The molecule has 0 radical (unpaired) electrons. The summed E-state index contributed by atoms with van der Waals surface area (Å²) in [7, 11) is 0. The number of fused-ring (bicyclic) bond motifs is 1. The highest BCUT2D eigenvalue weighted by Crippen LogP contribution is 2.22. The Morgan fingerprint density at radius 1 is 0.944 bits per heavy atom. The van der Waals surface area contributed by atoms with Crippen LogP contribution in [0.25, 0.3) is 22.3 Å². The molecule has 1 N–H and O–H groups in total. The zero-order chi connectivity index (χ0) is 25.1. The number of rotatable bonds is 5. The van der Waals surface area contributed by atoms with Crippen LogP contribution in [0.2, 0.25) is 0 Å². The lowest BCUT2D eigenvalue weighted by molar-refractivity contribution is 0.102. The van der Waals surface area contributed by atoms with Crippen LogP contribution in [-0.2, 0) is 6.54 Å². The molecule has 1 aliphatic rings. The molecule has 4 aromatic rings. The van der Waals surface area contributed by atoms with Gasteiger partial charge in [-0.2, -0.15) is 0 Å². The van der Waals surface area contributed by atoms with Gasteiger partial charge in [0.1, 0.15) is 11.2 Å². The summed E-state index contributed by atoms with van der Waals surface area (Å²) in [6.45, 7) is 6.49. The van der Waals surface area contributed by atoms with E-state index in [1.165, 1.54) is 25.7 Å². The highest BCUT2D eigenvalue weighted by molar-refractivity contribution is 6.05. The molecule has 8 nitrogen and oxygen atoms in total. The number of nitrogens with zero attached hydrogens (tertiary/aromatic N) is 5. The van der Waals surface area contributed by atoms with Crippen LogP contribution in [-0.4, -0.2) is 38.7 Å². The third-order valence-corrected chi connectivity index (χ3v) is 6.66. The second-order valence-corrected chi connectivity index (χ2v) is 9.19. The highest BCUT2D eigenvalue weighted by Gasteiger charge is 2.17. The Hall–Kier alpha value is -4.07. The van der Waals surface area contributed by atoms with Crippen molar-refractivity contribution in [1.29, 1.82) is 0 Å². The molecule has 0 atom stereocenters. The maximum atomic E-state index is 13.0. The van der Waals surface area contributed by atoms with Crippen molar-refractivity contribution in [2.75, 3.05) is 23.3 Å². The maximum Gasteiger partial charge on any atom is 0.261 e. The number of aromatic nitrogens is 4. The van der Waals surface area contributed by atoms with Crippen LogP contribution >= 0.6 is 0 Å². The minimum absolute atomic E-state index is 0.0917. The molecule has 1 saturated heterocycles. The number of carbonyl (C=O) groups excluding carboxylic acids is 1. The van der Waals surface area contributed by atoms with Gasteiger partial charge in [0.15, 0.2) is 5.82 Å². The molecule has 0 aliphatic carbocycles. The van der Waals surface area contributed by atoms with Gasteiger partial charge in [0.2, 0.25) is 5.43 Å². The van der Waals surface area contributed by atoms with E-state index in [1.54, 1.807) is 18.3 Å². The Morgan fingerprint density at radius 3 is 2.36 bits per heavy atom. The predicted molar refractivity (Wildman–Crippen MR) is 143 cm³/mol. The van der Waals surface area contributed by atoms with Crippen molar-refractivity contribution in [3.63, 3.8) is 0 Å². The molecule has 8 heteroatoms. The topological polar surface area (TPSA) is 93.0 Å². The third-order valence-electron chi connectivity index (χ3n) is 6.66. The number of hydrogen-bond donors (Lipinski definition) is 1. The molecule has 0 saturated carbocycles. The van der Waals surface area contributed by atoms with Gasteiger partial charge >= 0.3 is 0 Å². The molecule has 36 heavy (non-hydrogen) atoms. The fourth-order valence-corrected chi connectivity index (χ4v) is 4.63. The molecule has 0 unspecified atom stereocenters. The van der Waals surface area contributed by atoms with Gasteiger partial charge in [-0.25, -0.2) is 4.98 Å². The Morgan fingerprint density at radius 2 is 1.69 bits per heavy atom. The van der Waals surface area contributed by atoms with Gasteiger partial charge in [-0.1, -0.05) is 25.0 Å². The zero-order valence-corrected chi connectivity index (χ0v) is 20.7. The smallest absolute Gasteiger partial charge is 0.261 e. The quantitative estimate of drug-likeness (QED) is 0.439. The van der Waals surface area contributed by atoms with Crippen LogP contribution < -0.4 is 15.6 Å². The van der Waals surface area contributed by atoms with Gasteiger partial charge in [-0.15, -0.1) is 10.2 Å². The maximum absolute atomic E-state index is 13.0. The number of anilines is 2. The summed E-state index contributed by atoms with van der Waals surface area (Å²) < 4.78 is 1.83. The molecule has 4 heterocycles. The highest BCUT2D eigenvalue weighted by atomic mass is 16.2. The van der Waals surface area contributed by atoms with Gasteiger partial charge in [-0.3, -0.25) is 9.59 Å². The monoisotopic (exact) mass is 482 g/mol. The fourth-order valence-electron chi connectivity index (χ4n) is 4.63. The lowest BCUT2D eigenvalue weighted by atomic mass is 10.1. The first-order chi connectivity index (χ1) is 17.5. The number of pyridine rings is 2. The Kier molecular flexibility index (Phi) is 6.75. The molecule has 1 aliphatic heterocycles. The third kappa shape index (κ3) is 4.84. The number of amides is 1. The van der Waals surface area contributed by atoms with Crippen LogP contribution in [0.5, 0.6) is 0 Å². The molecule has 1 aromatic carbocycles. The van der Waals surface area contributed by atoms with E-state index in [0.29, 0.717) is 23.3 Å². The minimum atomic E-state index is -0.445. The van der Waals surface area contributed by atoms with Crippen molar-refractivity contribution in [2.24, 2.45) is 0 Å². The fraction of sp³-hybridized carbons (Fsp3) is 0.321. The van der Waals surface area contributed by atoms with E-state index >= 15 is 0 Å². The molecule has 5 rings (SSSR count). The van der Waals surface area contributed by atoms with Gasteiger partial charge < -0.3 is 14.8 Å². The summed E-state index contributed by atoms with van der Waals surface area (Å²) >= 11 is 0. The summed E-state index contributed by atoms with van der Waals surface area (Å²) in [4.78, 5) is 32.8. The lowest BCUT2D eigenvalue weighted by Gasteiger charge is -2.20. The van der Waals surface area contributed by atoms with E-state index in [9.17, 15) is 9.59 Å². The molecule has 0 spiro atoms. The van der Waals surface area contributed by atoms with Gasteiger partial charge in [-0.05, 0) is 63.1 Å². The van der Waals surface area contributed by atoms with Crippen molar-refractivity contribution >= 4 is 28.4 Å². The van der Waals surface area contributed by atoms with Crippen molar-refractivity contribution in [3.05, 3.63) is 76.2 Å². The average Bonchev–Trinajstić information content (AvgIpc) is 3.19. The number of aryl methyl sites for hydroxylation is 2. The van der Waals surface area contributed by atoms with Crippen LogP contribution in [0.1, 0.15) is 48.7 Å². The summed E-state index contributed by atoms with van der Waals surface area (Å²) in [5, 5.41) is 12.2. The first kappa shape index (κ1) is 23.7. The first-order valence-corrected chi connectivity index (χ1v) is 12.5. The molecular formula is C28H30N6O2. The van der Waals surface area contributed by atoms with Gasteiger partial charge in [0, 0.05) is 42.8 Å². The predicted octanol–water partition coefficient (Wildman–Crippen LogP) is 4.81. The molecule has 1 amide bonds. The molecular weight excluding hydrogens is 452 g/mol. The van der Waals surface area contributed by atoms with E-state index in [2.05, 4.69) is 25.4 Å². The van der Waals surface area contributed by atoms with Gasteiger partial charge in [0.25, 0.3) is 5.91 Å². The van der Waals surface area contributed by atoms with Crippen LogP contribution in [0.3, 0.4) is 0 Å². The molecule has 0 bridgehead atoms. The molecule has 1 fully saturated rings. The second kappa shape index (κ2) is 10.3. The number of nitrogens with one attached hydrogen (secondary N) is 1. The Labute approximate surface area is 210 Å². The van der Waals surface area contributed by atoms with Crippen LogP contribution in [0, 0.1) is 6.92 Å². The minimum Gasteiger partial charge on any atom is -0.355 e. The van der Waals surface area contributed by atoms with Crippen molar-refractivity contribution in [1.82, 2.24) is 19.7 Å². The van der Waals surface area contributed by atoms with Crippen molar-refractivity contribution in [2.45, 2.75) is 46.1 Å². The summed E-state index contributed by atoms with van der Waals surface area (Å²) in [5.74, 6) is 0.474.